The molecule has 3 N–H and O–H groups in total. The summed E-state index contributed by atoms with van der Waals surface area (Å²) in [6, 6.07) is 12.2. The second-order valence-electron chi connectivity index (χ2n) is 8.99. The number of aromatic nitrogens is 2. The molecule has 0 unspecified atom stereocenters. The highest BCUT2D eigenvalue weighted by Gasteiger charge is 2.20. The highest BCUT2D eigenvalue weighted by Crippen LogP contribution is 2.24. The number of hydrogen-bond donors (Lipinski definition) is 3. The van der Waals surface area contributed by atoms with E-state index in [1.165, 1.54) is 6.20 Å². The standard InChI is InChI=1S/C26H31N5O4/c1-26(2,3)23-17-24(30-35-23)29-25(33)28-21-10-9-20(27-18-21)8-5-19-6-11-22(12-7-19)34-16-14-31(4)13-15-32/h6-7,9-12,17-18,32H,13-16H2,1-4H3,(H2,28,29,30,33). The summed E-state index contributed by atoms with van der Waals surface area (Å²) >= 11 is 0. The Hall–Kier alpha value is -3.87. The molecule has 0 saturated heterocycles. The van der Waals surface area contributed by atoms with Gasteiger partial charge in [-0.1, -0.05) is 31.8 Å². The third kappa shape index (κ3) is 8.45. The number of pyridine rings is 1. The van der Waals surface area contributed by atoms with Crippen LogP contribution >= 0.6 is 0 Å². The van der Waals surface area contributed by atoms with Crippen molar-refractivity contribution in [2.45, 2.75) is 26.2 Å². The van der Waals surface area contributed by atoms with Crippen molar-refractivity contribution in [1.82, 2.24) is 15.0 Å². The van der Waals surface area contributed by atoms with Crippen LogP contribution < -0.4 is 15.4 Å². The zero-order valence-corrected chi connectivity index (χ0v) is 20.5. The van der Waals surface area contributed by atoms with Crippen molar-refractivity contribution in [2.24, 2.45) is 0 Å². The second kappa shape index (κ2) is 12.0. The Morgan fingerprint density at radius 2 is 1.89 bits per heavy atom. The van der Waals surface area contributed by atoms with Crippen molar-refractivity contribution < 1.29 is 19.2 Å². The molecule has 0 radical (unpaired) electrons. The molecule has 0 spiro atoms. The Labute approximate surface area is 205 Å². The van der Waals surface area contributed by atoms with E-state index in [4.69, 9.17) is 14.4 Å². The molecular weight excluding hydrogens is 446 g/mol. The van der Waals surface area contributed by atoms with Gasteiger partial charge < -0.3 is 24.6 Å². The smallest absolute Gasteiger partial charge is 0.324 e. The number of rotatable bonds is 8. The summed E-state index contributed by atoms with van der Waals surface area (Å²) in [6.45, 7) is 8.03. The van der Waals surface area contributed by atoms with Crippen LogP contribution in [-0.4, -0.2) is 59.5 Å². The summed E-state index contributed by atoms with van der Waals surface area (Å²) in [6.07, 6.45) is 1.54. The van der Waals surface area contributed by atoms with E-state index in [2.05, 4.69) is 32.6 Å². The van der Waals surface area contributed by atoms with Crippen LogP contribution in [0.2, 0.25) is 0 Å². The minimum Gasteiger partial charge on any atom is -0.492 e. The zero-order chi connectivity index (χ0) is 25.3. The first-order valence-electron chi connectivity index (χ1n) is 11.3. The molecule has 3 rings (SSSR count). The maximum atomic E-state index is 12.2. The largest absolute Gasteiger partial charge is 0.492 e. The third-order valence-corrected chi connectivity index (χ3v) is 4.92. The van der Waals surface area contributed by atoms with Gasteiger partial charge in [-0.25, -0.2) is 9.78 Å². The molecule has 1 aromatic carbocycles. The molecule has 0 aliphatic carbocycles. The molecule has 9 heteroatoms. The van der Waals surface area contributed by atoms with Gasteiger partial charge in [0.15, 0.2) is 5.82 Å². The number of carbonyl (C=O) groups is 1. The van der Waals surface area contributed by atoms with Crippen LogP contribution in [0.5, 0.6) is 5.75 Å². The quantitative estimate of drug-likeness (QED) is 0.424. The maximum absolute atomic E-state index is 12.2. The lowest BCUT2D eigenvalue weighted by Gasteiger charge is -2.15. The summed E-state index contributed by atoms with van der Waals surface area (Å²) in [4.78, 5) is 18.5. The Balaban J connectivity index is 1.48. The van der Waals surface area contributed by atoms with Gasteiger partial charge in [-0.05, 0) is 49.4 Å². The first kappa shape index (κ1) is 25.7. The number of ether oxygens (including phenoxy) is 1. The van der Waals surface area contributed by atoms with Crippen LogP contribution in [0.1, 0.15) is 37.8 Å². The van der Waals surface area contributed by atoms with Gasteiger partial charge in [-0.3, -0.25) is 5.32 Å². The molecule has 184 valence electrons. The molecule has 0 aliphatic heterocycles. The van der Waals surface area contributed by atoms with Crippen LogP contribution in [0.3, 0.4) is 0 Å². The first-order chi connectivity index (χ1) is 16.7. The minimum atomic E-state index is -0.443. The van der Waals surface area contributed by atoms with E-state index in [0.29, 0.717) is 36.1 Å². The number of hydrogen-bond acceptors (Lipinski definition) is 7. The first-order valence-corrected chi connectivity index (χ1v) is 11.3. The van der Waals surface area contributed by atoms with E-state index in [9.17, 15) is 4.79 Å². The molecule has 3 aromatic rings. The van der Waals surface area contributed by atoms with Gasteiger partial charge in [-0.2, -0.15) is 0 Å². The molecule has 2 heterocycles. The number of nitrogens with one attached hydrogen (secondary N) is 2. The number of urea groups is 1. The number of aliphatic hydroxyl groups is 1. The number of anilines is 2. The van der Waals surface area contributed by atoms with Gasteiger partial charge in [0.25, 0.3) is 0 Å². The second-order valence-corrected chi connectivity index (χ2v) is 8.99. The van der Waals surface area contributed by atoms with Gasteiger partial charge in [0, 0.05) is 30.1 Å². The molecule has 2 aromatic heterocycles. The summed E-state index contributed by atoms with van der Waals surface area (Å²) in [7, 11) is 1.94. The minimum absolute atomic E-state index is 0.135. The van der Waals surface area contributed by atoms with Gasteiger partial charge in [0.2, 0.25) is 0 Å². The number of carbonyl (C=O) groups excluding carboxylic acids is 1. The van der Waals surface area contributed by atoms with Crippen molar-refractivity contribution in [1.29, 1.82) is 0 Å². The number of amides is 2. The molecule has 9 nitrogen and oxygen atoms in total. The Kier molecular flexibility index (Phi) is 8.84. The lowest BCUT2D eigenvalue weighted by molar-refractivity contribution is 0.192. The topological polar surface area (TPSA) is 113 Å². The van der Waals surface area contributed by atoms with Gasteiger partial charge in [0.1, 0.15) is 23.8 Å². The van der Waals surface area contributed by atoms with Gasteiger partial charge in [0.05, 0.1) is 18.5 Å². The van der Waals surface area contributed by atoms with Crippen LogP contribution in [0.4, 0.5) is 16.3 Å². The van der Waals surface area contributed by atoms with Crippen LogP contribution in [0.15, 0.2) is 53.2 Å². The van der Waals surface area contributed by atoms with E-state index in [1.54, 1.807) is 18.2 Å². The number of nitrogens with zero attached hydrogens (tertiary/aromatic N) is 3. The summed E-state index contributed by atoms with van der Waals surface area (Å²) in [5.41, 5.74) is 1.74. The van der Waals surface area contributed by atoms with Crippen LogP contribution in [0, 0.1) is 11.8 Å². The molecule has 0 bridgehead atoms. The Morgan fingerprint density at radius 1 is 1.11 bits per heavy atom. The van der Waals surface area contributed by atoms with Crippen LogP contribution in [0.25, 0.3) is 0 Å². The third-order valence-electron chi connectivity index (χ3n) is 4.92. The van der Waals surface area contributed by atoms with E-state index < -0.39 is 6.03 Å². The van der Waals surface area contributed by atoms with E-state index >= 15 is 0 Å². The fourth-order valence-corrected chi connectivity index (χ4v) is 2.88. The SMILES string of the molecule is CN(CCO)CCOc1ccc(C#Cc2ccc(NC(=O)Nc3cc(C(C)(C)C)on3)cn2)cc1. The average Bonchev–Trinajstić information content (AvgIpc) is 3.29. The Morgan fingerprint density at radius 3 is 2.51 bits per heavy atom. The molecule has 0 fully saturated rings. The average molecular weight is 478 g/mol. The number of aliphatic hydroxyl groups excluding tert-OH is 1. The predicted octanol–water partition coefficient (Wildman–Crippen LogP) is 3.71. The van der Waals surface area contributed by atoms with Gasteiger partial charge >= 0.3 is 6.03 Å². The lowest BCUT2D eigenvalue weighted by atomic mass is 9.93. The fourth-order valence-electron chi connectivity index (χ4n) is 2.88. The number of likely N-dealkylation sites (N-methyl/N-ethyl adjacent to an activating group) is 1. The monoisotopic (exact) mass is 477 g/mol. The molecule has 0 atom stereocenters. The zero-order valence-electron chi connectivity index (χ0n) is 20.5. The normalized spacial score (nSPS) is 11.0. The summed E-state index contributed by atoms with van der Waals surface area (Å²) in [5, 5.41) is 18.1. The molecule has 0 aliphatic rings. The van der Waals surface area contributed by atoms with E-state index in [-0.39, 0.29) is 12.0 Å². The number of benzene rings is 1. The highest BCUT2D eigenvalue weighted by molar-refractivity contribution is 5.99. The maximum Gasteiger partial charge on any atom is 0.324 e. The van der Waals surface area contributed by atoms with E-state index in [1.807, 2.05) is 57.0 Å². The summed E-state index contributed by atoms with van der Waals surface area (Å²) in [5.74, 6) is 7.86. The van der Waals surface area contributed by atoms with Crippen molar-refractivity contribution in [3.63, 3.8) is 0 Å². The lowest BCUT2D eigenvalue weighted by Crippen LogP contribution is -2.27. The molecule has 35 heavy (non-hydrogen) atoms. The predicted molar refractivity (Wildman–Crippen MR) is 135 cm³/mol. The molecule has 2 amide bonds. The van der Waals surface area contributed by atoms with Crippen LogP contribution in [-0.2, 0) is 5.41 Å². The summed E-state index contributed by atoms with van der Waals surface area (Å²) < 4.78 is 11.0. The van der Waals surface area contributed by atoms with Gasteiger partial charge in [-0.15, -0.1) is 0 Å². The van der Waals surface area contributed by atoms with Crippen molar-refractivity contribution in [2.75, 3.05) is 44.0 Å². The molecular formula is C26H31N5O4. The molecule has 0 saturated carbocycles. The van der Waals surface area contributed by atoms with Crippen molar-refractivity contribution >= 4 is 17.5 Å². The fraction of sp³-hybridized carbons (Fsp3) is 0.346. The van der Waals surface area contributed by atoms with E-state index in [0.717, 1.165) is 17.9 Å². The van der Waals surface area contributed by atoms with Crippen molar-refractivity contribution in [3.8, 4) is 17.6 Å². The highest BCUT2D eigenvalue weighted by atomic mass is 16.5. The Bertz CT molecular complexity index is 1160. The van der Waals surface area contributed by atoms with Crippen molar-refractivity contribution in [3.05, 3.63) is 65.7 Å².